The molecule has 1 fully saturated rings. The number of methoxy groups -OCH3 is 1. The lowest BCUT2D eigenvalue weighted by Gasteiger charge is -2.35. The molecule has 1 aliphatic rings. The van der Waals surface area contributed by atoms with Crippen LogP contribution in [0, 0.1) is 5.82 Å². The molecule has 26 heavy (non-hydrogen) atoms. The second-order valence-electron chi connectivity index (χ2n) is 5.96. The molecule has 0 amide bonds. The molecule has 0 atom stereocenters. The van der Waals surface area contributed by atoms with Crippen molar-refractivity contribution in [2.75, 3.05) is 38.2 Å². The first-order valence-corrected chi connectivity index (χ1v) is 8.26. The Morgan fingerprint density at radius 2 is 1.88 bits per heavy atom. The average Bonchev–Trinajstić information content (AvgIpc) is 2.63. The molecule has 1 saturated heterocycles. The molecule has 0 N–H and O–H groups in total. The van der Waals surface area contributed by atoms with Crippen LogP contribution in [0.15, 0.2) is 36.5 Å². The Bertz CT molecular complexity index is 720. The summed E-state index contributed by atoms with van der Waals surface area (Å²) < 4.78 is 47.4. The van der Waals surface area contributed by atoms with Gasteiger partial charge in [-0.2, -0.15) is 8.78 Å². The molecule has 1 aromatic heterocycles. The zero-order valence-corrected chi connectivity index (χ0v) is 14.4. The van der Waals surface area contributed by atoms with Crippen LogP contribution in [0.2, 0.25) is 0 Å². The minimum absolute atomic E-state index is 0.0453. The summed E-state index contributed by atoms with van der Waals surface area (Å²) in [5, 5.41) is 0. The van der Waals surface area contributed by atoms with E-state index in [1.54, 1.807) is 12.1 Å². The van der Waals surface area contributed by atoms with E-state index >= 15 is 0 Å². The molecule has 140 valence electrons. The number of anilines is 1. The molecule has 3 rings (SSSR count). The number of hydrogen-bond donors (Lipinski definition) is 0. The third-order valence-electron chi connectivity index (χ3n) is 4.26. The number of rotatable bonds is 6. The SMILES string of the molecule is COc1ccc(CN2CCN(c3ccc(OC(F)F)cn3)CC2)cc1F. The summed E-state index contributed by atoms with van der Waals surface area (Å²) in [7, 11) is 1.44. The van der Waals surface area contributed by atoms with Gasteiger partial charge in [0.2, 0.25) is 0 Å². The predicted molar refractivity (Wildman–Crippen MR) is 91.3 cm³/mol. The lowest BCUT2D eigenvalue weighted by molar-refractivity contribution is -0.0500. The summed E-state index contributed by atoms with van der Waals surface area (Å²) in [5.41, 5.74) is 0.892. The van der Waals surface area contributed by atoms with E-state index in [0.717, 1.165) is 37.6 Å². The molecule has 1 aromatic carbocycles. The van der Waals surface area contributed by atoms with Gasteiger partial charge in [-0.15, -0.1) is 0 Å². The minimum atomic E-state index is -2.85. The Morgan fingerprint density at radius 3 is 2.46 bits per heavy atom. The van der Waals surface area contributed by atoms with Gasteiger partial charge in [0.25, 0.3) is 0 Å². The quantitative estimate of drug-likeness (QED) is 0.784. The number of pyridine rings is 1. The van der Waals surface area contributed by atoms with Crippen LogP contribution in [0.4, 0.5) is 19.0 Å². The van der Waals surface area contributed by atoms with Gasteiger partial charge in [0.05, 0.1) is 13.3 Å². The zero-order valence-electron chi connectivity index (χ0n) is 14.4. The fraction of sp³-hybridized carbons (Fsp3) is 0.389. The van der Waals surface area contributed by atoms with Gasteiger partial charge in [-0.05, 0) is 29.8 Å². The first-order chi connectivity index (χ1) is 12.5. The number of benzene rings is 1. The maximum absolute atomic E-state index is 13.8. The monoisotopic (exact) mass is 367 g/mol. The lowest BCUT2D eigenvalue weighted by Crippen LogP contribution is -2.46. The van der Waals surface area contributed by atoms with E-state index in [1.165, 1.54) is 25.4 Å². The third kappa shape index (κ3) is 4.57. The Balaban J connectivity index is 1.53. The van der Waals surface area contributed by atoms with Crippen molar-refractivity contribution in [3.05, 3.63) is 47.9 Å². The molecule has 2 heterocycles. The number of ether oxygens (including phenoxy) is 2. The molecule has 1 aliphatic heterocycles. The van der Waals surface area contributed by atoms with Gasteiger partial charge in [-0.3, -0.25) is 4.90 Å². The highest BCUT2D eigenvalue weighted by Gasteiger charge is 2.19. The fourth-order valence-corrected chi connectivity index (χ4v) is 2.93. The Morgan fingerprint density at radius 1 is 1.12 bits per heavy atom. The lowest BCUT2D eigenvalue weighted by atomic mass is 10.2. The third-order valence-corrected chi connectivity index (χ3v) is 4.26. The number of nitrogens with zero attached hydrogens (tertiary/aromatic N) is 3. The minimum Gasteiger partial charge on any atom is -0.494 e. The van der Waals surface area contributed by atoms with Crippen LogP contribution >= 0.6 is 0 Å². The van der Waals surface area contributed by atoms with Crippen LogP contribution in [-0.4, -0.2) is 49.8 Å². The van der Waals surface area contributed by atoms with Crippen LogP contribution < -0.4 is 14.4 Å². The maximum atomic E-state index is 13.8. The largest absolute Gasteiger partial charge is 0.494 e. The van der Waals surface area contributed by atoms with Crippen LogP contribution in [0.1, 0.15) is 5.56 Å². The maximum Gasteiger partial charge on any atom is 0.387 e. The Hall–Kier alpha value is -2.48. The van der Waals surface area contributed by atoms with Gasteiger partial charge in [0.15, 0.2) is 11.6 Å². The van der Waals surface area contributed by atoms with Gasteiger partial charge in [0, 0.05) is 32.7 Å². The van der Waals surface area contributed by atoms with Crippen LogP contribution in [0.5, 0.6) is 11.5 Å². The van der Waals surface area contributed by atoms with Crippen LogP contribution in [0.3, 0.4) is 0 Å². The van der Waals surface area contributed by atoms with E-state index in [9.17, 15) is 13.2 Å². The normalized spacial score (nSPS) is 15.3. The number of hydrogen-bond acceptors (Lipinski definition) is 5. The van der Waals surface area contributed by atoms with Gasteiger partial charge in [0.1, 0.15) is 11.6 Å². The highest BCUT2D eigenvalue weighted by molar-refractivity contribution is 5.41. The second-order valence-corrected chi connectivity index (χ2v) is 5.96. The molecule has 2 aromatic rings. The van der Waals surface area contributed by atoms with Crippen molar-refractivity contribution in [2.24, 2.45) is 0 Å². The topological polar surface area (TPSA) is 37.8 Å². The molecular weight excluding hydrogens is 347 g/mol. The summed E-state index contributed by atoms with van der Waals surface area (Å²) in [4.78, 5) is 8.49. The highest BCUT2D eigenvalue weighted by atomic mass is 19.3. The van der Waals surface area contributed by atoms with Gasteiger partial charge in [-0.25, -0.2) is 9.37 Å². The molecule has 0 unspecified atom stereocenters. The van der Waals surface area contributed by atoms with Crippen molar-refractivity contribution in [1.29, 1.82) is 0 Å². The molecule has 8 heteroatoms. The predicted octanol–water partition coefficient (Wildman–Crippen LogP) is 3.15. The Kier molecular flexibility index (Phi) is 5.82. The van der Waals surface area contributed by atoms with Crippen molar-refractivity contribution in [3.63, 3.8) is 0 Å². The van der Waals surface area contributed by atoms with Crippen molar-refractivity contribution in [3.8, 4) is 11.5 Å². The zero-order chi connectivity index (χ0) is 18.5. The number of halogens is 3. The molecule has 5 nitrogen and oxygen atoms in total. The van der Waals surface area contributed by atoms with Gasteiger partial charge >= 0.3 is 6.61 Å². The van der Waals surface area contributed by atoms with Crippen molar-refractivity contribution < 1.29 is 22.6 Å². The number of piperazine rings is 1. The Labute approximate surface area is 150 Å². The molecule has 0 radical (unpaired) electrons. The summed E-state index contributed by atoms with van der Waals surface area (Å²) in [5.74, 6) is 0.647. The van der Waals surface area contributed by atoms with Crippen LogP contribution in [-0.2, 0) is 6.54 Å². The summed E-state index contributed by atoms with van der Waals surface area (Å²) in [6, 6.07) is 8.15. The standard InChI is InChI=1S/C18H20F3N3O2/c1-25-16-4-2-13(10-15(16)19)12-23-6-8-24(9-7-23)17-5-3-14(11-22-17)26-18(20)21/h2-5,10-11,18H,6-9,12H2,1H3. The van der Waals surface area contributed by atoms with Crippen molar-refractivity contribution in [1.82, 2.24) is 9.88 Å². The second kappa shape index (κ2) is 8.27. The molecule has 0 saturated carbocycles. The smallest absolute Gasteiger partial charge is 0.387 e. The molecule has 0 bridgehead atoms. The van der Waals surface area contributed by atoms with E-state index in [-0.39, 0.29) is 17.3 Å². The first kappa shape index (κ1) is 18.3. The molecule has 0 aliphatic carbocycles. The van der Waals surface area contributed by atoms with E-state index in [4.69, 9.17) is 4.74 Å². The average molecular weight is 367 g/mol. The summed E-state index contributed by atoms with van der Waals surface area (Å²) >= 11 is 0. The molecule has 0 spiro atoms. The fourth-order valence-electron chi connectivity index (χ4n) is 2.93. The van der Waals surface area contributed by atoms with E-state index < -0.39 is 6.61 Å². The number of alkyl halides is 2. The van der Waals surface area contributed by atoms with Crippen molar-refractivity contribution >= 4 is 5.82 Å². The van der Waals surface area contributed by atoms with E-state index in [1.807, 2.05) is 6.07 Å². The van der Waals surface area contributed by atoms with E-state index in [2.05, 4.69) is 19.5 Å². The van der Waals surface area contributed by atoms with Gasteiger partial charge < -0.3 is 14.4 Å². The van der Waals surface area contributed by atoms with Crippen LogP contribution in [0.25, 0.3) is 0 Å². The highest BCUT2D eigenvalue weighted by Crippen LogP contribution is 2.21. The summed E-state index contributed by atoms with van der Waals surface area (Å²) in [6.07, 6.45) is 1.30. The summed E-state index contributed by atoms with van der Waals surface area (Å²) in [6.45, 7) is 0.897. The first-order valence-electron chi connectivity index (χ1n) is 8.26. The van der Waals surface area contributed by atoms with Gasteiger partial charge in [-0.1, -0.05) is 6.07 Å². The molecular formula is C18H20F3N3O2. The van der Waals surface area contributed by atoms with E-state index in [0.29, 0.717) is 6.54 Å². The van der Waals surface area contributed by atoms with Crippen molar-refractivity contribution in [2.45, 2.75) is 13.2 Å². The number of aromatic nitrogens is 1.